The number of piperazine rings is 1. The van der Waals surface area contributed by atoms with Crippen molar-refractivity contribution in [2.24, 2.45) is 0 Å². The van der Waals surface area contributed by atoms with Crippen molar-refractivity contribution in [2.45, 2.75) is 37.8 Å². The molecule has 2 fully saturated rings. The Bertz CT molecular complexity index is 659. The fraction of sp³-hybridized carbons (Fsp3) is 0.429. The third kappa shape index (κ3) is 3.27. The molecule has 1 N–H and O–H groups in total. The first-order valence-electron chi connectivity index (χ1n) is 9.13. The van der Waals surface area contributed by atoms with E-state index >= 15 is 0 Å². The van der Waals surface area contributed by atoms with Gasteiger partial charge in [-0.3, -0.25) is 4.90 Å². The van der Waals surface area contributed by atoms with Gasteiger partial charge in [0, 0.05) is 36.9 Å². The van der Waals surface area contributed by atoms with Crippen LogP contribution in [0, 0.1) is 0 Å². The van der Waals surface area contributed by atoms with Crippen LogP contribution in [-0.2, 0) is 6.42 Å². The van der Waals surface area contributed by atoms with E-state index < -0.39 is 0 Å². The summed E-state index contributed by atoms with van der Waals surface area (Å²) in [5.74, 6) is 0.372. The number of nitrogens with zero attached hydrogens (tertiary/aromatic N) is 2. The van der Waals surface area contributed by atoms with Crippen LogP contribution in [0.5, 0.6) is 5.75 Å². The molecule has 2 saturated heterocycles. The van der Waals surface area contributed by atoms with Gasteiger partial charge in [-0.15, -0.1) is 0 Å². The highest BCUT2D eigenvalue weighted by molar-refractivity contribution is 5.53. The second kappa shape index (κ2) is 6.86. The molecule has 4 rings (SSSR count). The third-order valence-electron chi connectivity index (χ3n) is 5.47. The fourth-order valence-corrected chi connectivity index (χ4v) is 4.40. The van der Waals surface area contributed by atoms with Gasteiger partial charge >= 0.3 is 0 Å². The van der Waals surface area contributed by atoms with Gasteiger partial charge in [-0.05, 0) is 49.9 Å². The highest BCUT2D eigenvalue weighted by atomic mass is 16.3. The molecular weight excluding hydrogens is 296 g/mol. The number of anilines is 1. The lowest BCUT2D eigenvalue weighted by atomic mass is 10.1. The SMILES string of the molecule is Oc1cccc(N2[C@@H]3CC[C@H]2CN(CCCc2ccccc2)C3)c1. The zero-order valence-corrected chi connectivity index (χ0v) is 14.1. The zero-order valence-electron chi connectivity index (χ0n) is 14.1. The minimum Gasteiger partial charge on any atom is -0.508 e. The Balaban J connectivity index is 1.34. The van der Waals surface area contributed by atoms with Gasteiger partial charge in [0.1, 0.15) is 5.75 Å². The Morgan fingerprint density at radius 2 is 1.67 bits per heavy atom. The summed E-state index contributed by atoms with van der Waals surface area (Å²) in [5, 5.41) is 9.78. The lowest BCUT2D eigenvalue weighted by molar-refractivity contribution is 0.217. The zero-order chi connectivity index (χ0) is 16.4. The molecule has 2 aromatic rings. The summed E-state index contributed by atoms with van der Waals surface area (Å²) in [7, 11) is 0. The van der Waals surface area contributed by atoms with Gasteiger partial charge in [0.25, 0.3) is 0 Å². The maximum Gasteiger partial charge on any atom is 0.117 e. The number of rotatable bonds is 5. The standard InChI is InChI=1S/C21H26N2O/c24-21-10-4-9-18(14-21)23-19-11-12-20(23)16-22(15-19)13-5-8-17-6-2-1-3-7-17/h1-4,6-7,9-10,14,19-20,24H,5,8,11-13,15-16H2/t19-,20+. The molecule has 126 valence electrons. The van der Waals surface area contributed by atoms with Crippen molar-refractivity contribution in [3.63, 3.8) is 0 Å². The number of aryl methyl sites for hydroxylation is 1. The molecule has 0 saturated carbocycles. The summed E-state index contributed by atoms with van der Waals surface area (Å²) >= 11 is 0. The number of hydrogen-bond donors (Lipinski definition) is 1. The van der Waals surface area contributed by atoms with E-state index in [1.807, 2.05) is 12.1 Å². The second-order valence-electron chi connectivity index (χ2n) is 7.16. The predicted octanol–water partition coefficient (Wildman–Crippen LogP) is 3.68. The number of benzene rings is 2. The normalized spacial score (nSPS) is 23.6. The van der Waals surface area contributed by atoms with Crippen molar-refractivity contribution in [3.05, 3.63) is 60.2 Å². The third-order valence-corrected chi connectivity index (χ3v) is 5.47. The molecule has 0 spiro atoms. The van der Waals surface area contributed by atoms with Gasteiger partial charge < -0.3 is 10.0 Å². The molecule has 0 amide bonds. The minimum absolute atomic E-state index is 0.372. The lowest BCUT2D eigenvalue weighted by Gasteiger charge is -2.42. The van der Waals surface area contributed by atoms with Gasteiger partial charge in [-0.25, -0.2) is 0 Å². The van der Waals surface area contributed by atoms with E-state index in [-0.39, 0.29) is 0 Å². The van der Waals surface area contributed by atoms with Crippen LogP contribution in [0.4, 0.5) is 5.69 Å². The van der Waals surface area contributed by atoms with E-state index in [1.54, 1.807) is 6.07 Å². The smallest absolute Gasteiger partial charge is 0.117 e. The van der Waals surface area contributed by atoms with E-state index in [0.717, 1.165) is 13.1 Å². The van der Waals surface area contributed by atoms with Crippen LogP contribution >= 0.6 is 0 Å². The molecule has 2 heterocycles. The summed E-state index contributed by atoms with van der Waals surface area (Å²) in [6.07, 6.45) is 4.95. The van der Waals surface area contributed by atoms with Crippen molar-refractivity contribution in [1.29, 1.82) is 0 Å². The fourth-order valence-electron chi connectivity index (χ4n) is 4.40. The summed E-state index contributed by atoms with van der Waals surface area (Å²) < 4.78 is 0. The summed E-state index contributed by atoms with van der Waals surface area (Å²) in [6, 6.07) is 19.8. The van der Waals surface area contributed by atoms with Crippen molar-refractivity contribution in [2.75, 3.05) is 24.5 Å². The van der Waals surface area contributed by atoms with Gasteiger partial charge in [0.15, 0.2) is 0 Å². The number of aromatic hydroxyl groups is 1. The molecule has 2 bridgehead atoms. The molecule has 2 aliphatic heterocycles. The summed E-state index contributed by atoms with van der Waals surface area (Å²) in [4.78, 5) is 5.19. The highest BCUT2D eigenvalue weighted by Crippen LogP contribution is 2.36. The number of hydrogen-bond acceptors (Lipinski definition) is 3. The van der Waals surface area contributed by atoms with Crippen LogP contribution in [0.25, 0.3) is 0 Å². The maximum atomic E-state index is 9.78. The van der Waals surface area contributed by atoms with E-state index in [4.69, 9.17) is 0 Å². The molecule has 2 aliphatic rings. The van der Waals surface area contributed by atoms with Gasteiger partial charge in [-0.1, -0.05) is 36.4 Å². The Labute approximate surface area is 144 Å². The number of fused-ring (bicyclic) bond motifs is 2. The Morgan fingerprint density at radius 3 is 2.38 bits per heavy atom. The lowest BCUT2D eigenvalue weighted by Crippen LogP contribution is -2.54. The van der Waals surface area contributed by atoms with Crippen LogP contribution in [-0.4, -0.2) is 41.7 Å². The molecule has 24 heavy (non-hydrogen) atoms. The summed E-state index contributed by atoms with van der Waals surface area (Å²) in [5.41, 5.74) is 2.63. The molecule has 0 aromatic heterocycles. The molecule has 3 nitrogen and oxygen atoms in total. The van der Waals surface area contributed by atoms with Crippen molar-refractivity contribution >= 4 is 5.69 Å². The first kappa shape index (κ1) is 15.5. The van der Waals surface area contributed by atoms with Gasteiger partial charge in [-0.2, -0.15) is 0 Å². The molecular formula is C21H26N2O. The first-order valence-corrected chi connectivity index (χ1v) is 9.13. The quantitative estimate of drug-likeness (QED) is 0.910. The number of phenolic OH excluding ortho intramolecular Hbond substituents is 1. The average molecular weight is 322 g/mol. The first-order chi connectivity index (χ1) is 11.8. The largest absolute Gasteiger partial charge is 0.508 e. The monoisotopic (exact) mass is 322 g/mol. The van der Waals surface area contributed by atoms with Crippen LogP contribution < -0.4 is 4.90 Å². The van der Waals surface area contributed by atoms with Crippen molar-refractivity contribution in [3.8, 4) is 5.75 Å². The predicted molar refractivity (Wildman–Crippen MR) is 98.6 cm³/mol. The molecule has 3 heteroatoms. The van der Waals surface area contributed by atoms with Crippen LogP contribution in [0.3, 0.4) is 0 Å². The summed E-state index contributed by atoms with van der Waals surface area (Å²) in [6.45, 7) is 3.50. The number of likely N-dealkylation sites (tertiary alicyclic amines) is 1. The van der Waals surface area contributed by atoms with Crippen LogP contribution in [0.2, 0.25) is 0 Å². The Morgan fingerprint density at radius 1 is 0.917 bits per heavy atom. The van der Waals surface area contributed by atoms with Gasteiger partial charge in [0.2, 0.25) is 0 Å². The second-order valence-corrected chi connectivity index (χ2v) is 7.16. The average Bonchev–Trinajstić information content (AvgIpc) is 2.87. The molecule has 0 unspecified atom stereocenters. The Hall–Kier alpha value is -2.00. The molecule has 2 aromatic carbocycles. The minimum atomic E-state index is 0.372. The van der Waals surface area contributed by atoms with Gasteiger partial charge in [0.05, 0.1) is 0 Å². The highest BCUT2D eigenvalue weighted by Gasteiger charge is 2.39. The van der Waals surface area contributed by atoms with E-state index in [1.165, 1.54) is 43.5 Å². The topological polar surface area (TPSA) is 26.7 Å². The van der Waals surface area contributed by atoms with Crippen LogP contribution in [0.1, 0.15) is 24.8 Å². The molecule has 0 aliphatic carbocycles. The Kier molecular flexibility index (Phi) is 4.44. The van der Waals surface area contributed by atoms with Crippen molar-refractivity contribution < 1.29 is 5.11 Å². The van der Waals surface area contributed by atoms with E-state index in [0.29, 0.717) is 17.8 Å². The molecule has 0 radical (unpaired) electrons. The van der Waals surface area contributed by atoms with E-state index in [9.17, 15) is 5.11 Å². The van der Waals surface area contributed by atoms with Crippen molar-refractivity contribution in [1.82, 2.24) is 4.90 Å². The number of phenols is 1. The van der Waals surface area contributed by atoms with E-state index in [2.05, 4.69) is 46.2 Å². The maximum absolute atomic E-state index is 9.78. The molecule has 2 atom stereocenters. The van der Waals surface area contributed by atoms with Crippen LogP contribution in [0.15, 0.2) is 54.6 Å².